The summed E-state index contributed by atoms with van der Waals surface area (Å²) < 4.78 is 6.31. The molecule has 0 saturated heterocycles. The number of nitrogens with one attached hydrogen (secondary N) is 1. The first-order valence-electron chi connectivity index (χ1n) is 14.4. The van der Waals surface area contributed by atoms with E-state index in [2.05, 4.69) is 41.5 Å². The summed E-state index contributed by atoms with van der Waals surface area (Å²) in [4.78, 5) is 17.0. The number of anilines is 1. The minimum absolute atomic E-state index is 0.0398. The van der Waals surface area contributed by atoms with Gasteiger partial charge in [-0.1, -0.05) is 48.9 Å². The molecule has 1 spiro atoms. The maximum atomic E-state index is 12.7. The Hall–Kier alpha value is -3.09. The second kappa shape index (κ2) is 10.7. The van der Waals surface area contributed by atoms with Gasteiger partial charge in [0.2, 0.25) is 0 Å². The third kappa shape index (κ3) is 4.86. The fourth-order valence-electron chi connectivity index (χ4n) is 7.58. The van der Waals surface area contributed by atoms with E-state index in [-0.39, 0.29) is 5.41 Å². The summed E-state index contributed by atoms with van der Waals surface area (Å²) in [5.74, 6) is 0.782. The highest BCUT2D eigenvalue weighted by atomic mass is 35.5. The first-order chi connectivity index (χ1) is 19.3. The topological polar surface area (TPSA) is 91.7 Å². The van der Waals surface area contributed by atoms with E-state index >= 15 is 0 Å². The molecule has 3 N–H and O–H groups in total. The van der Waals surface area contributed by atoms with Crippen LogP contribution in [0.4, 0.5) is 5.69 Å². The van der Waals surface area contributed by atoms with Gasteiger partial charge < -0.3 is 20.3 Å². The highest BCUT2D eigenvalue weighted by molar-refractivity contribution is 6.30. The van der Waals surface area contributed by atoms with Gasteiger partial charge in [0.25, 0.3) is 0 Å². The smallest absolute Gasteiger partial charge is 0.329 e. The molecule has 1 saturated carbocycles. The van der Waals surface area contributed by atoms with Crippen LogP contribution in [0.25, 0.3) is 0 Å². The first-order valence-corrected chi connectivity index (χ1v) is 14.8. The van der Waals surface area contributed by atoms with E-state index in [9.17, 15) is 15.0 Å². The second-order valence-electron chi connectivity index (χ2n) is 12.1. The van der Waals surface area contributed by atoms with Crippen LogP contribution in [-0.4, -0.2) is 33.3 Å². The zero-order valence-corrected chi connectivity index (χ0v) is 23.7. The van der Waals surface area contributed by atoms with Gasteiger partial charge in [0, 0.05) is 22.5 Å². The largest absolute Gasteiger partial charge is 0.493 e. The Morgan fingerprint density at radius 2 is 1.95 bits per heavy atom. The van der Waals surface area contributed by atoms with Crippen molar-refractivity contribution in [2.75, 3.05) is 11.9 Å². The van der Waals surface area contributed by atoms with Crippen molar-refractivity contribution in [1.82, 2.24) is 4.98 Å². The molecule has 3 aromatic rings. The molecule has 1 heterocycles. The lowest BCUT2D eigenvalue weighted by molar-refractivity contribution is -0.144. The number of nitrogens with zero attached hydrogens (tertiary/aromatic N) is 1. The molecule has 0 bridgehead atoms. The Balaban J connectivity index is 1.19. The van der Waals surface area contributed by atoms with E-state index < -0.39 is 17.6 Å². The number of benzene rings is 2. The van der Waals surface area contributed by atoms with Crippen molar-refractivity contribution in [2.24, 2.45) is 11.8 Å². The molecule has 3 aliphatic carbocycles. The van der Waals surface area contributed by atoms with Crippen LogP contribution >= 0.6 is 11.6 Å². The van der Waals surface area contributed by atoms with Gasteiger partial charge in [-0.05, 0) is 104 Å². The molecule has 2 aromatic carbocycles. The molecule has 40 heavy (non-hydrogen) atoms. The van der Waals surface area contributed by atoms with Gasteiger partial charge in [0.05, 0.1) is 18.4 Å². The van der Waals surface area contributed by atoms with Gasteiger partial charge in [-0.3, -0.25) is 4.98 Å². The third-order valence-electron chi connectivity index (χ3n) is 9.65. The quantitative estimate of drug-likeness (QED) is 0.282. The molecule has 1 aromatic heterocycles. The second-order valence-corrected chi connectivity index (χ2v) is 12.6. The van der Waals surface area contributed by atoms with Gasteiger partial charge in [0.1, 0.15) is 11.3 Å². The van der Waals surface area contributed by atoms with Crippen molar-refractivity contribution in [1.29, 1.82) is 0 Å². The lowest BCUT2D eigenvalue weighted by atomic mass is 9.59. The summed E-state index contributed by atoms with van der Waals surface area (Å²) in [7, 11) is 0. The maximum absolute atomic E-state index is 12.7. The zero-order chi connectivity index (χ0) is 27.9. The van der Waals surface area contributed by atoms with Crippen LogP contribution in [0.1, 0.15) is 73.9 Å². The number of carbonyl (C=O) groups is 1. The number of pyridine rings is 1. The highest BCUT2D eigenvalue weighted by Gasteiger charge is 2.54. The molecule has 0 radical (unpaired) electrons. The van der Waals surface area contributed by atoms with E-state index in [0.29, 0.717) is 42.7 Å². The third-order valence-corrected chi connectivity index (χ3v) is 9.89. The van der Waals surface area contributed by atoms with E-state index in [1.807, 2.05) is 18.2 Å². The molecule has 3 aliphatic rings. The maximum Gasteiger partial charge on any atom is 0.329 e. The molecule has 1 fully saturated rings. The number of aromatic nitrogens is 1. The average molecular weight is 561 g/mol. The SMILES string of the molecule is C[C@@H](COc1ccnc2c1CCC2O)CC1Cc2ccccc2C12CCC(Nc1cccc(Cl)c1)(C(=O)O)CC2. The first kappa shape index (κ1) is 27.1. The lowest BCUT2D eigenvalue weighted by Gasteiger charge is -2.47. The van der Waals surface area contributed by atoms with Gasteiger partial charge in [-0.25, -0.2) is 4.79 Å². The Labute approximate surface area is 240 Å². The molecule has 6 rings (SSSR count). The molecule has 7 heteroatoms. The van der Waals surface area contributed by atoms with Gasteiger partial charge in [-0.2, -0.15) is 0 Å². The molecule has 0 aliphatic heterocycles. The summed E-state index contributed by atoms with van der Waals surface area (Å²) >= 11 is 6.20. The van der Waals surface area contributed by atoms with Gasteiger partial charge >= 0.3 is 5.97 Å². The van der Waals surface area contributed by atoms with Crippen LogP contribution < -0.4 is 10.1 Å². The highest BCUT2D eigenvalue weighted by Crippen LogP contribution is 2.56. The minimum atomic E-state index is -1.01. The van der Waals surface area contributed by atoms with Crippen molar-refractivity contribution in [3.8, 4) is 5.75 Å². The number of carboxylic acids is 1. The van der Waals surface area contributed by atoms with Crippen LogP contribution in [0.15, 0.2) is 60.8 Å². The van der Waals surface area contributed by atoms with Crippen molar-refractivity contribution in [3.05, 3.63) is 88.2 Å². The van der Waals surface area contributed by atoms with Crippen LogP contribution in [0, 0.1) is 11.8 Å². The summed E-state index contributed by atoms with van der Waals surface area (Å²) in [5.41, 5.74) is 4.28. The Kier molecular flexibility index (Phi) is 7.26. The predicted octanol–water partition coefficient (Wildman–Crippen LogP) is 6.74. The molecule has 210 valence electrons. The van der Waals surface area contributed by atoms with Crippen LogP contribution in [0.3, 0.4) is 0 Å². The van der Waals surface area contributed by atoms with Crippen LogP contribution in [0.2, 0.25) is 5.02 Å². The fraction of sp³-hybridized carbons (Fsp3) is 0.455. The molecule has 3 atom stereocenters. The van der Waals surface area contributed by atoms with Crippen molar-refractivity contribution in [3.63, 3.8) is 0 Å². The number of hydrogen-bond acceptors (Lipinski definition) is 5. The van der Waals surface area contributed by atoms with E-state index in [1.54, 1.807) is 18.3 Å². The Morgan fingerprint density at radius 1 is 1.15 bits per heavy atom. The monoisotopic (exact) mass is 560 g/mol. The summed E-state index contributed by atoms with van der Waals surface area (Å²) in [5, 5.41) is 24.5. The number of fused-ring (bicyclic) bond motifs is 3. The lowest BCUT2D eigenvalue weighted by Crippen LogP contribution is -2.53. The van der Waals surface area contributed by atoms with E-state index in [1.165, 1.54) is 11.1 Å². The molecule has 6 nitrogen and oxygen atoms in total. The van der Waals surface area contributed by atoms with Crippen LogP contribution in [-0.2, 0) is 23.1 Å². The Bertz CT molecular complexity index is 1400. The van der Waals surface area contributed by atoms with Crippen molar-refractivity contribution < 1.29 is 19.7 Å². The number of aliphatic hydroxyl groups excluding tert-OH is 1. The number of hydrogen-bond donors (Lipinski definition) is 3. The van der Waals surface area contributed by atoms with Crippen molar-refractivity contribution in [2.45, 2.75) is 75.3 Å². The number of halogens is 1. The van der Waals surface area contributed by atoms with E-state index in [4.69, 9.17) is 16.3 Å². The average Bonchev–Trinajstić information content (AvgIpc) is 3.47. The molecular weight excluding hydrogens is 524 g/mol. The van der Waals surface area contributed by atoms with Gasteiger partial charge in [0.15, 0.2) is 0 Å². The molecular formula is C33H37ClN2O4. The summed E-state index contributed by atoms with van der Waals surface area (Å²) in [6.45, 7) is 2.85. The number of aliphatic carboxylic acids is 1. The number of rotatable bonds is 8. The van der Waals surface area contributed by atoms with Crippen molar-refractivity contribution >= 4 is 23.3 Å². The summed E-state index contributed by atoms with van der Waals surface area (Å²) in [6, 6.07) is 18.0. The molecule has 0 amide bonds. The predicted molar refractivity (Wildman–Crippen MR) is 156 cm³/mol. The minimum Gasteiger partial charge on any atom is -0.493 e. The standard InChI is InChI=1S/C33H37ClN2O4/c1-21(20-40-29-11-16-35-30-26(29)9-10-28(30)37)17-23-18-22-5-2-3-8-27(22)32(23)12-14-33(15-13-32,31(38)39)36-25-7-4-6-24(34)19-25/h2-8,11,16,19,21,23,28,36-37H,9-10,12-15,17-18,20H2,1H3,(H,38,39)/t21-,23?,28?,32?,33?/m1/s1. The van der Waals surface area contributed by atoms with E-state index in [0.717, 1.165) is 54.8 Å². The molecule has 2 unspecified atom stereocenters. The number of ether oxygens (including phenoxy) is 1. The van der Waals surface area contributed by atoms with Gasteiger partial charge in [-0.15, -0.1) is 0 Å². The number of carboxylic acid groups (broad SMARTS) is 1. The number of aliphatic hydroxyl groups is 1. The normalized spacial score (nSPS) is 27.7. The Morgan fingerprint density at radius 3 is 2.73 bits per heavy atom. The fourth-order valence-corrected chi connectivity index (χ4v) is 7.77. The van der Waals surface area contributed by atoms with Crippen LogP contribution in [0.5, 0.6) is 5.75 Å². The summed E-state index contributed by atoms with van der Waals surface area (Å²) in [6.07, 6.45) is 7.48. The zero-order valence-electron chi connectivity index (χ0n) is 22.9.